The first-order valence-corrected chi connectivity index (χ1v) is 3.60. The summed E-state index contributed by atoms with van der Waals surface area (Å²) in [6.07, 6.45) is 8.01. The van der Waals surface area contributed by atoms with E-state index in [4.69, 9.17) is 4.74 Å². The highest BCUT2D eigenvalue weighted by Crippen LogP contribution is 1.88. The zero-order valence-corrected chi connectivity index (χ0v) is 6.31. The Hall–Kier alpha value is -0.460. The summed E-state index contributed by atoms with van der Waals surface area (Å²) in [7, 11) is 0. The number of ether oxygens (including phenoxy) is 1. The molecule has 0 aliphatic rings. The second-order valence-electron chi connectivity index (χ2n) is 1.96. The lowest BCUT2D eigenvalue weighted by molar-refractivity contribution is 0.228. The molecule has 0 aromatic rings. The average molecular weight is 127 g/mol. The average Bonchev–Trinajstić information content (AvgIpc) is 1.89. The fourth-order valence-electron chi connectivity index (χ4n) is 0.423. The molecule has 0 unspecified atom stereocenters. The van der Waals surface area contributed by atoms with Crippen LogP contribution in [0.5, 0.6) is 0 Å². The molecule has 0 spiro atoms. The number of allylic oxidation sites excluding steroid dienone is 1. The van der Waals surface area contributed by atoms with E-state index in [-0.39, 0.29) is 0 Å². The van der Waals surface area contributed by atoms with Gasteiger partial charge in [0.1, 0.15) is 0 Å². The molecular formula is C8H15O. The predicted molar refractivity (Wildman–Crippen MR) is 39.0 cm³/mol. The molecule has 0 saturated heterocycles. The van der Waals surface area contributed by atoms with Gasteiger partial charge in [-0.3, -0.25) is 0 Å². The Morgan fingerprint density at radius 3 is 2.67 bits per heavy atom. The van der Waals surface area contributed by atoms with Gasteiger partial charge in [-0.15, -0.1) is 0 Å². The summed E-state index contributed by atoms with van der Waals surface area (Å²) in [6.45, 7) is 5.01. The van der Waals surface area contributed by atoms with E-state index in [9.17, 15) is 0 Å². The van der Waals surface area contributed by atoms with Crippen LogP contribution >= 0.6 is 0 Å². The van der Waals surface area contributed by atoms with Crippen LogP contribution in [0.4, 0.5) is 0 Å². The molecule has 0 aromatic carbocycles. The van der Waals surface area contributed by atoms with Crippen molar-refractivity contribution in [1.29, 1.82) is 0 Å². The Morgan fingerprint density at radius 1 is 1.33 bits per heavy atom. The predicted octanol–water partition coefficient (Wildman–Crippen LogP) is 2.53. The van der Waals surface area contributed by atoms with Crippen LogP contribution in [0.15, 0.2) is 6.08 Å². The fraction of sp³-hybridized carbons (Fsp3) is 0.750. The maximum atomic E-state index is 4.98. The first kappa shape index (κ1) is 8.54. The molecule has 0 saturated carbocycles. The van der Waals surface area contributed by atoms with E-state index in [1.54, 1.807) is 0 Å². The zero-order chi connectivity index (χ0) is 6.95. The summed E-state index contributed by atoms with van der Waals surface area (Å²) in [5.74, 6) is 0. The number of hydrogen-bond acceptors (Lipinski definition) is 1. The van der Waals surface area contributed by atoms with Crippen molar-refractivity contribution >= 4 is 0 Å². The number of rotatable bonds is 5. The van der Waals surface area contributed by atoms with Gasteiger partial charge in [-0.2, -0.15) is 0 Å². The third-order valence-electron chi connectivity index (χ3n) is 0.906. The van der Waals surface area contributed by atoms with Crippen LogP contribution in [0.25, 0.3) is 0 Å². The van der Waals surface area contributed by atoms with Crippen molar-refractivity contribution in [3.05, 3.63) is 12.3 Å². The van der Waals surface area contributed by atoms with Crippen molar-refractivity contribution in [2.75, 3.05) is 6.61 Å². The first-order chi connectivity index (χ1) is 4.41. The van der Waals surface area contributed by atoms with Crippen LogP contribution in [-0.4, -0.2) is 6.61 Å². The molecule has 1 nitrogen and oxygen atoms in total. The van der Waals surface area contributed by atoms with Crippen LogP contribution in [-0.2, 0) is 4.74 Å². The van der Waals surface area contributed by atoms with Crippen molar-refractivity contribution in [1.82, 2.24) is 0 Å². The second-order valence-corrected chi connectivity index (χ2v) is 1.96. The maximum Gasteiger partial charge on any atom is 0.156 e. The minimum absolute atomic E-state index is 0.792. The van der Waals surface area contributed by atoms with Gasteiger partial charge in [-0.05, 0) is 18.9 Å². The lowest BCUT2D eigenvalue weighted by Gasteiger charge is -1.92. The smallest absolute Gasteiger partial charge is 0.156 e. The Kier molecular flexibility index (Phi) is 7.15. The third-order valence-corrected chi connectivity index (χ3v) is 0.906. The molecule has 0 aliphatic carbocycles. The van der Waals surface area contributed by atoms with E-state index >= 15 is 0 Å². The molecule has 0 aliphatic heterocycles. The molecule has 0 N–H and O–H groups in total. The molecule has 0 bridgehead atoms. The van der Waals surface area contributed by atoms with Crippen LogP contribution in [0.1, 0.15) is 33.1 Å². The molecule has 9 heavy (non-hydrogen) atoms. The highest BCUT2D eigenvalue weighted by molar-refractivity contribution is 4.65. The standard InChI is InChI=1S/C8H15O/c1-3-5-6-8-9-7-4-2/h6H,3-5,7H2,1-2H3. The van der Waals surface area contributed by atoms with Crippen molar-refractivity contribution in [3.8, 4) is 0 Å². The summed E-state index contributed by atoms with van der Waals surface area (Å²) in [5.41, 5.74) is 0. The largest absolute Gasteiger partial charge is 0.490 e. The third kappa shape index (κ3) is 7.54. The number of hydrogen-bond donors (Lipinski definition) is 0. The molecule has 1 heteroatoms. The molecule has 0 aromatic heterocycles. The molecule has 1 radical (unpaired) electrons. The van der Waals surface area contributed by atoms with Gasteiger partial charge in [0, 0.05) is 0 Å². The quantitative estimate of drug-likeness (QED) is 0.407. The van der Waals surface area contributed by atoms with E-state index in [1.165, 1.54) is 6.42 Å². The fourth-order valence-corrected chi connectivity index (χ4v) is 0.423. The van der Waals surface area contributed by atoms with Crippen molar-refractivity contribution in [2.24, 2.45) is 0 Å². The van der Waals surface area contributed by atoms with Crippen molar-refractivity contribution in [3.63, 3.8) is 0 Å². The van der Waals surface area contributed by atoms with Gasteiger partial charge in [0.15, 0.2) is 6.26 Å². The Morgan fingerprint density at radius 2 is 2.11 bits per heavy atom. The van der Waals surface area contributed by atoms with Crippen molar-refractivity contribution in [2.45, 2.75) is 33.1 Å². The highest BCUT2D eigenvalue weighted by Gasteiger charge is 1.76. The van der Waals surface area contributed by atoms with E-state index < -0.39 is 0 Å². The Bertz CT molecular complexity index is 67.0. The minimum atomic E-state index is 0.792. The maximum absolute atomic E-state index is 4.98. The molecule has 53 valence electrons. The minimum Gasteiger partial charge on any atom is -0.490 e. The van der Waals surface area contributed by atoms with Gasteiger partial charge in [0.05, 0.1) is 6.61 Å². The van der Waals surface area contributed by atoms with E-state index in [1.807, 2.05) is 6.08 Å². The molecule has 0 atom stereocenters. The molecule has 0 heterocycles. The van der Waals surface area contributed by atoms with E-state index in [0.29, 0.717) is 0 Å². The monoisotopic (exact) mass is 127 g/mol. The second kappa shape index (κ2) is 7.54. The van der Waals surface area contributed by atoms with Gasteiger partial charge in [-0.1, -0.05) is 20.3 Å². The highest BCUT2D eigenvalue weighted by atomic mass is 16.5. The van der Waals surface area contributed by atoms with Crippen LogP contribution in [0.3, 0.4) is 0 Å². The van der Waals surface area contributed by atoms with Gasteiger partial charge in [0.25, 0.3) is 0 Å². The van der Waals surface area contributed by atoms with Crippen LogP contribution in [0.2, 0.25) is 0 Å². The van der Waals surface area contributed by atoms with Gasteiger partial charge >= 0.3 is 0 Å². The Labute approximate surface area is 57.7 Å². The van der Waals surface area contributed by atoms with Gasteiger partial charge in [-0.25, -0.2) is 0 Å². The summed E-state index contributed by atoms with van der Waals surface area (Å²) in [4.78, 5) is 0. The molecule has 0 rings (SSSR count). The van der Waals surface area contributed by atoms with Crippen LogP contribution < -0.4 is 0 Å². The van der Waals surface area contributed by atoms with E-state index in [2.05, 4.69) is 20.1 Å². The molecular weight excluding hydrogens is 112 g/mol. The number of unbranched alkanes of at least 4 members (excludes halogenated alkanes) is 1. The topological polar surface area (TPSA) is 9.23 Å². The summed E-state index contributed by atoms with van der Waals surface area (Å²) >= 11 is 0. The van der Waals surface area contributed by atoms with Crippen molar-refractivity contribution < 1.29 is 4.74 Å². The summed E-state index contributed by atoms with van der Waals surface area (Å²) in [5, 5.41) is 0. The molecule has 0 amide bonds. The SMILES string of the molecule is CCC/C=[C]\OCCC. The van der Waals surface area contributed by atoms with Crippen LogP contribution in [0, 0.1) is 6.26 Å². The molecule has 0 fully saturated rings. The van der Waals surface area contributed by atoms with Gasteiger partial charge < -0.3 is 4.74 Å². The normalized spacial score (nSPS) is 10.4. The van der Waals surface area contributed by atoms with E-state index in [0.717, 1.165) is 19.4 Å². The lowest BCUT2D eigenvalue weighted by Crippen LogP contribution is -1.82. The van der Waals surface area contributed by atoms with Gasteiger partial charge in [0.2, 0.25) is 0 Å². The summed E-state index contributed by atoms with van der Waals surface area (Å²) < 4.78 is 4.98. The Balaban J connectivity index is 2.86. The summed E-state index contributed by atoms with van der Waals surface area (Å²) in [6, 6.07) is 0. The first-order valence-electron chi connectivity index (χ1n) is 3.60. The lowest BCUT2D eigenvalue weighted by atomic mass is 10.3. The zero-order valence-electron chi connectivity index (χ0n) is 6.31.